The van der Waals surface area contributed by atoms with Crippen molar-refractivity contribution in [1.82, 2.24) is 5.32 Å². The van der Waals surface area contributed by atoms with Gasteiger partial charge in [0, 0.05) is 19.6 Å². The lowest BCUT2D eigenvalue weighted by molar-refractivity contribution is 0.102. The van der Waals surface area contributed by atoms with E-state index < -0.39 is 7.82 Å². The van der Waals surface area contributed by atoms with Gasteiger partial charge in [-0.2, -0.15) is 0 Å². The Kier molecular flexibility index (Phi) is 9.23. The Morgan fingerprint density at radius 3 is 2.27 bits per heavy atom. The monoisotopic (exact) mass is 242 g/mol. The molecule has 1 aliphatic rings. The van der Waals surface area contributed by atoms with Crippen molar-refractivity contribution in [2.75, 3.05) is 39.5 Å². The van der Waals surface area contributed by atoms with Gasteiger partial charge < -0.3 is 21.1 Å². The molecule has 0 saturated carbocycles. The Labute approximate surface area is 89.2 Å². The van der Waals surface area contributed by atoms with Crippen LogP contribution in [0.1, 0.15) is 6.42 Å². The van der Waals surface area contributed by atoms with Crippen molar-refractivity contribution in [3.05, 3.63) is 0 Å². The largest absolute Gasteiger partial charge is 0.472 e. The number of aliphatic hydroxyl groups is 1. The van der Waals surface area contributed by atoms with E-state index in [0.717, 1.165) is 6.54 Å². The van der Waals surface area contributed by atoms with Crippen molar-refractivity contribution in [2.45, 2.75) is 6.42 Å². The Morgan fingerprint density at radius 2 is 1.93 bits per heavy atom. The number of phosphoric acid groups is 1. The van der Waals surface area contributed by atoms with Crippen LogP contribution in [-0.4, -0.2) is 49.5 Å². The standard InChI is InChI=1S/C4H12N2O.C3H7O4P/c5-1-2-6-3-4-7;4-8(5)6-2-1-3-7-8/h6-7H,1-5H2;1-3H2,(H,4,5). The first-order valence-corrected chi connectivity index (χ1v) is 6.25. The summed E-state index contributed by atoms with van der Waals surface area (Å²) in [4.78, 5) is 8.49. The van der Waals surface area contributed by atoms with E-state index in [2.05, 4.69) is 14.4 Å². The number of aliphatic hydroxyl groups excluding tert-OH is 1. The lowest BCUT2D eigenvalue weighted by atomic mass is 10.5. The summed E-state index contributed by atoms with van der Waals surface area (Å²) in [5.74, 6) is 0. The van der Waals surface area contributed by atoms with Crippen LogP contribution in [0.4, 0.5) is 0 Å². The maximum Gasteiger partial charge on any atom is 0.472 e. The maximum absolute atomic E-state index is 10.3. The minimum Gasteiger partial charge on any atom is -0.395 e. The van der Waals surface area contributed by atoms with E-state index in [1.54, 1.807) is 0 Å². The topological polar surface area (TPSA) is 114 Å². The van der Waals surface area contributed by atoms with Gasteiger partial charge in [-0.3, -0.25) is 9.05 Å². The minimum absolute atomic E-state index is 0.194. The third kappa shape index (κ3) is 10.3. The van der Waals surface area contributed by atoms with Gasteiger partial charge in [-0.05, 0) is 6.42 Å². The Hall–Kier alpha value is -0.0100. The lowest BCUT2D eigenvalue weighted by Crippen LogP contribution is -2.24. The molecule has 0 aromatic carbocycles. The molecule has 1 heterocycles. The van der Waals surface area contributed by atoms with Crippen molar-refractivity contribution in [2.24, 2.45) is 5.73 Å². The van der Waals surface area contributed by atoms with E-state index in [0.29, 0.717) is 32.7 Å². The highest BCUT2D eigenvalue weighted by atomic mass is 31.2. The van der Waals surface area contributed by atoms with E-state index in [1.165, 1.54) is 0 Å². The van der Waals surface area contributed by atoms with E-state index in [9.17, 15) is 4.57 Å². The minimum atomic E-state index is -3.59. The molecule has 0 radical (unpaired) electrons. The van der Waals surface area contributed by atoms with Gasteiger partial charge in [0.2, 0.25) is 0 Å². The van der Waals surface area contributed by atoms with Gasteiger partial charge in [0.15, 0.2) is 0 Å². The Bertz CT molecular complexity index is 178. The zero-order valence-electron chi connectivity index (χ0n) is 8.59. The second-order valence-electron chi connectivity index (χ2n) is 2.75. The molecule has 1 aliphatic heterocycles. The summed E-state index contributed by atoms with van der Waals surface area (Å²) in [6, 6.07) is 0. The van der Waals surface area contributed by atoms with Gasteiger partial charge in [0.05, 0.1) is 19.8 Å². The SMILES string of the molecule is NCCNCCO.O=P1(O)OCCCO1. The molecule has 5 N–H and O–H groups in total. The van der Waals surface area contributed by atoms with Gasteiger partial charge >= 0.3 is 7.82 Å². The predicted molar refractivity (Wildman–Crippen MR) is 55.4 cm³/mol. The van der Waals surface area contributed by atoms with E-state index in [-0.39, 0.29) is 6.61 Å². The normalized spacial score (nSPS) is 19.1. The van der Waals surface area contributed by atoms with Crippen LogP contribution in [0, 0.1) is 0 Å². The number of hydrogen-bond donors (Lipinski definition) is 4. The van der Waals surface area contributed by atoms with Crippen LogP contribution >= 0.6 is 7.82 Å². The van der Waals surface area contributed by atoms with Crippen LogP contribution in [-0.2, 0) is 13.6 Å². The average molecular weight is 242 g/mol. The molecule has 0 spiro atoms. The van der Waals surface area contributed by atoms with E-state index in [4.69, 9.17) is 15.7 Å². The van der Waals surface area contributed by atoms with Gasteiger partial charge in [0.1, 0.15) is 0 Å². The van der Waals surface area contributed by atoms with E-state index >= 15 is 0 Å². The molecule has 1 saturated heterocycles. The van der Waals surface area contributed by atoms with Crippen molar-refractivity contribution in [3.63, 3.8) is 0 Å². The molecule has 0 unspecified atom stereocenters. The fourth-order valence-electron chi connectivity index (χ4n) is 0.762. The van der Waals surface area contributed by atoms with Crippen molar-refractivity contribution >= 4 is 7.82 Å². The molecule has 0 atom stereocenters. The van der Waals surface area contributed by atoms with Crippen LogP contribution in [0.15, 0.2) is 0 Å². The quantitative estimate of drug-likeness (QED) is 0.371. The maximum atomic E-state index is 10.3. The molecule has 7 nitrogen and oxygen atoms in total. The summed E-state index contributed by atoms with van der Waals surface area (Å²) < 4.78 is 19.1. The summed E-state index contributed by atoms with van der Waals surface area (Å²) in [7, 11) is -3.59. The molecule has 0 amide bonds. The molecule has 0 aliphatic carbocycles. The highest BCUT2D eigenvalue weighted by Gasteiger charge is 2.23. The smallest absolute Gasteiger partial charge is 0.395 e. The highest BCUT2D eigenvalue weighted by molar-refractivity contribution is 7.47. The fraction of sp³-hybridized carbons (Fsp3) is 1.00. The molecule has 1 rings (SSSR count). The van der Waals surface area contributed by atoms with E-state index in [1.807, 2.05) is 0 Å². The molecular weight excluding hydrogens is 223 g/mol. The summed E-state index contributed by atoms with van der Waals surface area (Å²) in [5, 5.41) is 11.1. The van der Waals surface area contributed by atoms with Crippen LogP contribution in [0.2, 0.25) is 0 Å². The van der Waals surface area contributed by atoms with Gasteiger partial charge in [0.25, 0.3) is 0 Å². The number of nitrogens with two attached hydrogens (primary N) is 1. The van der Waals surface area contributed by atoms with Gasteiger partial charge in [-0.15, -0.1) is 0 Å². The Morgan fingerprint density at radius 1 is 1.33 bits per heavy atom. The second-order valence-corrected chi connectivity index (χ2v) is 4.20. The molecular formula is C7H19N2O5P. The average Bonchev–Trinajstić information content (AvgIpc) is 2.19. The predicted octanol–water partition coefficient (Wildman–Crippen LogP) is -0.949. The lowest BCUT2D eigenvalue weighted by Gasteiger charge is -2.16. The molecule has 8 heteroatoms. The summed E-state index contributed by atoms with van der Waals surface area (Å²) >= 11 is 0. The van der Waals surface area contributed by atoms with Crippen LogP contribution in [0.25, 0.3) is 0 Å². The molecule has 0 bridgehead atoms. The third-order valence-corrected chi connectivity index (χ3v) is 2.42. The first kappa shape index (κ1) is 15.0. The van der Waals surface area contributed by atoms with Gasteiger partial charge in [-0.1, -0.05) is 0 Å². The molecule has 92 valence electrons. The molecule has 0 aromatic rings. The zero-order valence-corrected chi connectivity index (χ0v) is 9.49. The van der Waals surface area contributed by atoms with Crippen molar-refractivity contribution in [3.8, 4) is 0 Å². The Balaban J connectivity index is 0.000000265. The molecule has 15 heavy (non-hydrogen) atoms. The first-order chi connectivity index (χ1) is 7.12. The zero-order chi connectivity index (χ0) is 11.6. The number of nitrogens with one attached hydrogen (secondary N) is 1. The van der Waals surface area contributed by atoms with Gasteiger partial charge in [-0.25, -0.2) is 4.57 Å². The van der Waals surface area contributed by atoms with Crippen LogP contribution in [0.5, 0.6) is 0 Å². The van der Waals surface area contributed by atoms with Crippen LogP contribution < -0.4 is 11.1 Å². The highest BCUT2D eigenvalue weighted by Crippen LogP contribution is 2.45. The summed E-state index contributed by atoms with van der Waals surface area (Å²) in [6.07, 6.45) is 0.699. The van der Waals surface area contributed by atoms with Crippen molar-refractivity contribution in [1.29, 1.82) is 0 Å². The van der Waals surface area contributed by atoms with Crippen molar-refractivity contribution < 1.29 is 23.6 Å². The summed E-state index contributed by atoms with van der Waals surface area (Å²) in [5.41, 5.74) is 5.13. The summed E-state index contributed by atoms with van der Waals surface area (Å²) in [6.45, 7) is 2.93. The number of rotatable bonds is 4. The molecule has 0 aromatic heterocycles. The van der Waals surface area contributed by atoms with Crippen LogP contribution in [0.3, 0.4) is 0 Å². The third-order valence-electron chi connectivity index (χ3n) is 1.41. The molecule has 1 fully saturated rings. The fourth-order valence-corrected chi connectivity index (χ4v) is 1.56. The number of phosphoric ester groups is 1. The second kappa shape index (κ2) is 9.23. The number of hydrogen-bond acceptors (Lipinski definition) is 6. The first-order valence-electron chi connectivity index (χ1n) is 4.76.